The molecule has 28 heavy (non-hydrogen) atoms. The summed E-state index contributed by atoms with van der Waals surface area (Å²) in [6, 6.07) is 8.23. The van der Waals surface area contributed by atoms with Crippen molar-refractivity contribution in [3.8, 4) is 11.4 Å². The number of carbonyl (C=O) groups is 1. The topological polar surface area (TPSA) is 80.5 Å². The molecule has 0 bridgehead atoms. The second kappa shape index (κ2) is 9.19. The molecule has 1 aromatic heterocycles. The van der Waals surface area contributed by atoms with Gasteiger partial charge in [-0.15, -0.1) is 0 Å². The van der Waals surface area contributed by atoms with Gasteiger partial charge in [-0.3, -0.25) is 4.79 Å². The Morgan fingerprint density at radius 1 is 1.00 bits per heavy atom. The first-order chi connectivity index (χ1) is 13.8. The van der Waals surface area contributed by atoms with Crippen LogP contribution in [0.25, 0.3) is 11.4 Å². The first-order valence-electron chi connectivity index (χ1n) is 10.4. The third-order valence-electron chi connectivity index (χ3n) is 5.56. The first kappa shape index (κ1) is 18.9. The molecule has 0 atom stereocenters. The summed E-state index contributed by atoms with van der Waals surface area (Å²) in [6.45, 7) is 3.30. The number of aromatic nitrogens is 2. The third kappa shape index (κ3) is 4.70. The average molecular weight is 384 g/mol. The molecule has 0 radical (unpaired) electrons. The minimum atomic E-state index is -0.269. The molecular formula is C21H28N4O3. The molecule has 1 N–H and O–H groups in total. The summed E-state index contributed by atoms with van der Waals surface area (Å²) in [7, 11) is 0. The van der Waals surface area contributed by atoms with Crippen molar-refractivity contribution in [2.45, 2.75) is 51.0 Å². The zero-order chi connectivity index (χ0) is 19.2. The van der Waals surface area contributed by atoms with Crippen molar-refractivity contribution in [1.29, 1.82) is 0 Å². The Hall–Kier alpha value is -2.41. The number of rotatable bonds is 4. The van der Waals surface area contributed by atoms with Crippen LogP contribution in [0.3, 0.4) is 0 Å². The van der Waals surface area contributed by atoms with Crippen LogP contribution in [-0.2, 0) is 4.74 Å². The molecule has 0 unspecified atom stereocenters. The van der Waals surface area contributed by atoms with Gasteiger partial charge in [-0.2, -0.15) is 4.98 Å². The number of nitrogens with one attached hydrogen (secondary N) is 1. The fourth-order valence-electron chi connectivity index (χ4n) is 3.92. The average Bonchev–Trinajstić information content (AvgIpc) is 3.21. The predicted molar refractivity (Wildman–Crippen MR) is 106 cm³/mol. The van der Waals surface area contributed by atoms with Crippen molar-refractivity contribution in [2.24, 2.45) is 0 Å². The van der Waals surface area contributed by atoms with Gasteiger partial charge in [-0.05, 0) is 37.1 Å². The molecule has 7 nitrogen and oxygen atoms in total. The summed E-state index contributed by atoms with van der Waals surface area (Å²) in [5.41, 5.74) is 1.99. The van der Waals surface area contributed by atoms with E-state index in [9.17, 15) is 4.79 Å². The lowest BCUT2D eigenvalue weighted by Gasteiger charge is -2.28. The lowest BCUT2D eigenvalue weighted by Crippen LogP contribution is -2.36. The van der Waals surface area contributed by atoms with Crippen LogP contribution in [-0.4, -0.2) is 48.4 Å². The molecular weight excluding hydrogens is 356 g/mol. The standard InChI is InChI=1S/C21H28N4O3/c26-20(22-17-6-4-2-1-3-5-7-17)21-23-19(24-28-21)16-8-10-18(11-9-16)25-12-14-27-15-13-25/h8-11,17H,1-7,12-15H2,(H,22,26). The molecule has 1 aromatic carbocycles. The molecule has 1 aliphatic carbocycles. The monoisotopic (exact) mass is 384 g/mol. The Bertz CT molecular complexity index is 760. The Morgan fingerprint density at radius 3 is 2.39 bits per heavy atom. The van der Waals surface area contributed by atoms with E-state index < -0.39 is 0 Å². The molecule has 1 aliphatic heterocycles. The second-order valence-electron chi connectivity index (χ2n) is 7.58. The summed E-state index contributed by atoms with van der Waals surface area (Å²) >= 11 is 0. The molecule has 2 fully saturated rings. The molecule has 150 valence electrons. The minimum absolute atomic E-state index is 0.0364. The van der Waals surface area contributed by atoms with Crippen LogP contribution in [0.15, 0.2) is 28.8 Å². The van der Waals surface area contributed by atoms with E-state index >= 15 is 0 Å². The van der Waals surface area contributed by atoms with Gasteiger partial charge in [0, 0.05) is 30.4 Å². The summed E-state index contributed by atoms with van der Waals surface area (Å²) in [5, 5.41) is 7.06. The molecule has 1 amide bonds. The SMILES string of the molecule is O=C(NC1CCCCCCC1)c1nc(-c2ccc(N3CCOCC3)cc2)no1. The Labute approximate surface area is 165 Å². The first-order valence-corrected chi connectivity index (χ1v) is 10.4. The summed E-state index contributed by atoms with van der Waals surface area (Å²) in [6.07, 6.45) is 8.17. The molecule has 1 saturated heterocycles. The van der Waals surface area contributed by atoms with E-state index in [-0.39, 0.29) is 17.8 Å². The highest BCUT2D eigenvalue weighted by Gasteiger charge is 2.20. The number of morpholine rings is 1. The van der Waals surface area contributed by atoms with Crippen molar-refractivity contribution in [2.75, 3.05) is 31.2 Å². The summed E-state index contributed by atoms with van der Waals surface area (Å²) in [4.78, 5) is 19.1. The zero-order valence-corrected chi connectivity index (χ0v) is 16.2. The van der Waals surface area contributed by atoms with Gasteiger partial charge in [0.1, 0.15) is 0 Å². The zero-order valence-electron chi connectivity index (χ0n) is 16.2. The summed E-state index contributed by atoms with van der Waals surface area (Å²) < 4.78 is 10.6. The third-order valence-corrected chi connectivity index (χ3v) is 5.56. The summed E-state index contributed by atoms with van der Waals surface area (Å²) in [5.74, 6) is 0.208. The van der Waals surface area contributed by atoms with Gasteiger partial charge in [0.25, 0.3) is 0 Å². The quantitative estimate of drug-likeness (QED) is 0.870. The maximum Gasteiger partial charge on any atom is 0.316 e. The van der Waals surface area contributed by atoms with Crippen molar-refractivity contribution in [1.82, 2.24) is 15.5 Å². The van der Waals surface area contributed by atoms with Gasteiger partial charge in [0.2, 0.25) is 5.82 Å². The van der Waals surface area contributed by atoms with Gasteiger partial charge in [-0.25, -0.2) is 0 Å². The molecule has 2 aliphatic rings. The highest BCUT2D eigenvalue weighted by atomic mass is 16.5. The number of hydrogen-bond donors (Lipinski definition) is 1. The van der Waals surface area contributed by atoms with E-state index in [0.29, 0.717) is 5.82 Å². The number of nitrogens with zero attached hydrogens (tertiary/aromatic N) is 3. The van der Waals surface area contributed by atoms with Crippen molar-refractivity contribution in [3.05, 3.63) is 30.2 Å². The van der Waals surface area contributed by atoms with Crippen LogP contribution >= 0.6 is 0 Å². The largest absolute Gasteiger partial charge is 0.378 e. The number of amides is 1. The maximum atomic E-state index is 12.5. The highest BCUT2D eigenvalue weighted by molar-refractivity contribution is 5.90. The normalized spacial score (nSPS) is 19.1. The van der Waals surface area contributed by atoms with Gasteiger partial charge < -0.3 is 19.5 Å². The fourth-order valence-corrected chi connectivity index (χ4v) is 3.92. The van der Waals surface area contributed by atoms with Crippen molar-refractivity contribution >= 4 is 11.6 Å². The minimum Gasteiger partial charge on any atom is -0.378 e. The smallest absolute Gasteiger partial charge is 0.316 e. The number of hydrogen-bond acceptors (Lipinski definition) is 6. The Balaban J connectivity index is 1.38. The van der Waals surface area contributed by atoms with E-state index in [2.05, 4.69) is 20.4 Å². The molecule has 2 heterocycles. The highest BCUT2D eigenvalue weighted by Crippen LogP contribution is 2.22. The number of carbonyl (C=O) groups excluding carboxylic acids is 1. The molecule has 4 rings (SSSR count). The second-order valence-corrected chi connectivity index (χ2v) is 7.58. The fraction of sp³-hybridized carbons (Fsp3) is 0.571. The van der Waals surface area contributed by atoms with Gasteiger partial charge in [0.15, 0.2) is 0 Å². The Kier molecular flexibility index (Phi) is 6.21. The number of ether oxygens (including phenoxy) is 1. The number of anilines is 1. The van der Waals surface area contributed by atoms with E-state index in [0.717, 1.165) is 63.2 Å². The molecule has 0 spiro atoms. The van der Waals surface area contributed by atoms with E-state index in [1.165, 1.54) is 19.3 Å². The number of benzene rings is 1. The Morgan fingerprint density at radius 2 is 1.68 bits per heavy atom. The van der Waals surface area contributed by atoms with Crippen molar-refractivity contribution < 1.29 is 14.1 Å². The van der Waals surface area contributed by atoms with Crippen LogP contribution in [0, 0.1) is 0 Å². The van der Waals surface area contributed by atoms with Crippen LogP contribution in [0.1, 0.15) is 55.6 Å². The van der Waals surface area contributed by atoms with E-state index in [4.69, 9.17) is 9.26 Å². The van der Waals surface area contributed by atoms with Crippen LogP contribution in [0.5, 0.6) is 0 Å². The van der Waals surface area contributed by atoms with Crippen molar-refractivity contribution in [3.63, 3.8) is 0 Å². The lowest BCUT2D eigenvalue weighted by atomic mass is 9.97. The van der Waals surface area contributed by atoms with Gasteiger partial charge in [-0.1, -0.05) is 37.3 Å². The molecule has 7 heteroatoms. The van der Waals surface area contributed by atoms with Crippen LogP contribution in [0.4, 0.5) is 5.69 Å². The van der Waals surface area contributed by atoms with Gasteiger partial charge >= 0.3 is 11.8 Å². The predicted octanol–water partition coefficient (Wildman–Crippen LogP) is 3.42. The van der Waals surface area contributed by atoms with Crippen LogP contribution in [0.2, 0.25) is 0 Å². The van der Waals surface area contributed by atoms with E-state index in [1.54, 1.807) is 0 Å². The van der Waals surface area contributed by atoms with Crippen LogP contribution < -0.4 is 10.2 Å². The van der Waals surface area contributed by atoms with Gasteiger partial charge in [0.05, 0.1) is 13.2 Å². The molecule has 1 saturated carbocycles. The molecule has 2 aromatic rings. The maximum absolute atomic E-state index is 12.5. The van der Waals surface area contributed by atoms with E-state index in [1.807, 2.05) is 24.3 Å². The lowest BCUT2D eigenvalue weighted by molar-refractivity contribution is 0.0886.